The average molecular weight is 847 g/mol. The molecule has 18 heteroatoms. The Kier molecular flexibility index (Phi) is 20.7. The van der Waals surface area contributed by atoms with Crippen LogP contribution in [-0.4, -0.2) is 101 Å². The molecule has 0 aromatic heterocycles. The molecule has 2 amide bonds. The highest BCUT2D eigenvalue weighted by Gasteiger charge is 2.39. The van der Waals surface area contributed by atoms with Gasteiger partial charge in [-0.1, -0.05) is 63.7 Å². The fraction of sp³-hybridized carbons (Fsp3) is 0.256. The van der Waals surface area contributed by atoms with Crippen molar-refractivity contribution in [3.05, 3.63) is 136 Å². The quantitative estimate of drug-likeness (QED) is 0.0740. The van der Waals surface area contributed by atoms with Gasteiger partial charge in [0.2, 0.25) is 0 Å². The number of esters is 6. The number of carbonyl (C=O) groups excluding carboxylic acids is 8. The third-order valence-corrected chi connectivity index (χ3v) is 7.95. The number of anilines is 2. The lowest BCUT2D eigenvalue weighted by Crippen LogP contribution is -2.44. The Morgan fingerprint density at radius 3 is 0.803 bits per heavy atom. The number of hydrogen-bond donors (Lipinski definition) is 2. The van der Waals surface area contributed by atoms with E-state index in [9.17, 15) is 38.4 Å². The SMILES string of the molecule is C=CC(=O)OCC(COC(=O)C=C)(COC(=O)C=C)COC(=O)Nc1ccc(Cc2ccc(NC(=O)OCC(COC(=O)C=C)(COC(=O)C=C)COC(=O)C=C)cc2)cc1. The lowest BCUT2D eigenvalue weighted by atomic mass is 9.92. The van der Waals surface area contributed by atoms with Gasteiger partial charge in [0.05, 0.1) is 0 Å². The third kappa shape index (κ3) is 18.6. The Morgan fingerprint density at radius 1 is 0.377 bits per heavy atom. The Hall–Kier alpha value is -7.76. The van der Waals surface area contributed by atoms with E-state index in [1.807, 2.05) is 0 Å². The molecule has 2 N–H and O–H groups in total. The topological polar surface area (TPSA) is 234 Å². The summed E-state index contributed by atoms with van der Waals surface area (Å²) in [6, 6.07) is 13.5. The summed E-state index contributed by atoms with van der Waals surface area (Å²) in [5, 5.41) is 5.12. The van der Waals surface area contributed by atoms with Crippen molar-refractivity contribution in [2.45, 2.75) is 6.42 Å². The van der Waals surface area contributed by atoms with Crippen LogP contribution >= 0.6 is 0 Å². The molecule has 0 saturated heterocycles. The second kappa shape index (κ2) is 25.6. The number of hydrogen-bond acceptors (Lipinski definition) is 16. The van der Waals surface area contributed by atoms with E-state index in [0.717, 1.165) is 47.6 Å². The van der Waals surface area contributed by atoms with Gasteiger partial charge >= 0.3 is 48.0 Å². The number of nitrogens with one attached hydrogen (secondary N) is 2. The lowest BCUT2D eigenvalue weighted by Gasteiger charge is -2.31. The second-order valence-electron chi connectivity index (χ2n) is 12.8. The second-order valence-corrected chi connectivity index (χ2v) is 12.8. The van der Waals surface area contributed by atoms with Crippen LogP contribution in [0.4, 0.5) is 21.0 Å². The van der Waals surface area contributed by atoms with Crippen LogP contribution in [0.1, 0.15) is 11.1 Å². The van der Waals surface area contributed by atoms with Gasteiger partial charge < -0.3 is 37.9 Å². The monoisotopic (exact) mass is 846 g/mol. The minimum absolute atomic E-state index is 0.354. The molecule has 0 heterocycles. The normalized spacial score (nSPS) is 10.5. The van der Waals surface area contributed by atoms with Crippen LogP contribution in [0.2, 0.25) is 0 Å². The van der Waals surface area contributed by atoms with Crippen molar-refractivity contribution in [1.82, 2.24) is 0 Å². The molecule has 0 saturated carbocycles. The van der Waals surface area contributed by atoms with Crippen LogP contribution in [-0.2, 0) is 73.1 Å². The molecule has 0 atom stereocenters. The van der Waals surface area contributed by atoms with Crippen LogP contribution in [0.3, 0.4) is 0 Å². The van der Waals surface area contributed by atoms with Gasteiger partial charge in [-0.05, 0) is 41.8 Å². The average Bonchev–Trinajstić information content (AvgIpc) is 3.28. The number of ether oxygens (including phenoxy) is 8. The zero-order valence-electron chi connectivity index (χ0n) is 33.2. The summed E-state index contributed by atoms with van der Waals surface area (Å²) in [5.41, 5.74) is -0.620. The lowest BCUT2D eigenvalue weighted by molar-refractivity contribution is -0.161. The van der Waals surface area contributed by atoms with Crippen LogP contribution in [0.5, 0.6) is 0 Å². The Bertz CT molecular complexity index is 1690. The van der Waals surface area contributed by atoms with Crippen LogP contribution in [0.25, 0.3) is 0 Å². The molecule has 0 bridgehead atoms. The summed E-state index contributed by atoms with van der Waals surface area (Å²) in [7, 11) is 0. The zero-order valence-corrected chi connectivity index (χ0v) is 33.2. The standard InChI is InChI=1S/C43H46N2O16/c1-7-34(46)54-22-42(23-55-35(47)8-2,24-56-36(48)9-3)28-60-40(52)44-32-17-13-30(14-18-32)21-31-15-19-33(20-16-31)45-41(53)61-29-43(25-57-37(49)10-4,26-58-38(50)11-5)27-59-39(51)12-6/h7-20H,1-6,21-29H2,(H,44,52)(H,45,53). The molecule has 0 fully saturated rings. The molecule has 0 radical (unpaired) electrons. The first-order valence-corrected chi connectivity index (χ1v) is 17.9. The highest BCUT2D eigenvalue weighted by Crippen LogP contribution is 2.24. The highest BCUT2D eigenvalue weighted by atomic mass is 16.6. The molecule has 0 aliphatic heterocycles. The van der Waals surface area contributed by atoms with E-state index < -0.39 is 112 Å². The molecule has 2 aromatic carbocycles. The Balaban J connectivity index is 2.06. The Labute approximate surface area is 351 Å². The summed E-state index contributed by atoms with van der Waals surface area (Å²) in [6.45, 7) is 16.0. The zero-order chi connectivity index (χ0) is 45.3. The van der Waals surface area contributed by atoms with E-state index in [0.29, 0.717) is 17.8 Å². The highest BCUT2D eigenvalue weighted by molar-refractivity contribution is 5.86. The van der Waals surface area contributed by atoms with Crippen molar-refractivity contribution in [3.63, 3.8) is 0 Å². The van der Waals surface area contributed by atoms with E-state index in [-0.39, 0.29) is 0 Å². The van der Waals surface area contributed by atoms with Gasteiger partial charge in [-0.2, -0.15) is 0 Å². The van der Waals surface area contributed by atoms with Crippen LogP contribution < -0.4 is 10.6 Å². The number of benzene rings is 2. The van der Waals surface area contributed by atoms with Crippen molar-refractivity contribution in [3.8, 4) is 0 Å². The van der Waals surface area contributed by atoms with Gasteiger partial charge in [-0.3, -0.25) is 10.6 Å². The predicted octanol–water partition coefficient (Wildman–Crippen LogP) is 4.72. The van der Waals surface area contributed by atoms with Crippen molar-refractivity contribution >= 4 is 59.4 Å². The molecule has 2 aromatic rings. The minimum Gasteiger partial charge on any atom is -0.462 e. The van der Waals surface area contributed by atoms with Gasteiger partial charge in [0, 0.05) is 47.8 Å². The van der Waals surface area contributed by atoms with Gasteiger partial charge in [0.25, 0.3) is 0 Å². The molecular weight excluding hydrogens is 800 g/mol. The van der Waals surface area contributed by atoms with Crippen molar-refractivity contribution < 1.29 is 76.3 Å². The molecule has 0 aliphatic rings. The molecule has 0 aliphatic carbocycles. The summed E-state index contributed by atoms with van der Waals surface area (Å²) < 4.78 is 41.5. The third-order valence-electron chi connectivity index (χ3n) is 7.95. The number of amides is 2. The number of carbonyl (C=O) groups is 8. The van der Waals surface area contributed by atoms with E-state index in [1.54, 1.807) is 48.5 Å². The maximum Gasteiger partial charge on any atom is 0.411 e. The molecule has 61 heavy (non-hydrogen) atoms. The summed E-state index contributed by atoms with van der Waals surface area (Å²) in [5.74, 6) is -4.96. The fourth-order valence-electron chi connectivity index (χ4n) is 4.59. The van der Waals surface area contributed by atoms with Crippen molar-refractivity contribution in [2.75, 3.05) is 63.5 Å². The number of rotatable bonds is 26. The fourth-order valence-corrected chi connectivity index (χ4v) is 4.59. The van der Waals surface area contributed by atoms with Gasteiger partial charge in [0.15, 0.2) is 0 Å². The maximum atomic E-state index is 12.8. The predicted molar refractivity (Wildman–Crippen MR) is 217 cm³/mol. The van der Waals surface area contributed by atoms with Gasteiger partial charge in [-0.25, -0.2) is 38.4 Å². The molecule has 0 unspecified atom stereocenters. The van der Waals surface area contributed by atoms with Crippen LogP contribution in [0.15, 0.2) is 124 Å². The molecule has 18 nitrogen and oxygen atoms in total. The molecule has 2 rings (SSSR count). The Morgan fingerprint density at radius 2 is 0.590 bits per heavy atom. The van der Waals surface area contributed by atoms with Crippen molar-refractivity contribution in [1.29, 1.82) is 0 Å². The smallest absolute Gasteiger partial charge is 0.411 e. The van der Waals surface area contributed by atoms with E-state index in [1.165, 1.54) is 0 Å². The first-order valence-electron chi connectivity index (χ1n) is 17.9. The van der Waals surface area contributed by atoms with E-state index in [2.05, 4.69) is 50.1 Å². The molecule has 0 spiro atoms. The van der Waals surface area contributed by atoms with Gasteiger partial charge in [0.1, 0.15) is 63.7 Å². The van der Waals surface area contributed by atoms with Gasteiger partial charge in [-0.15, -0.1) is 0 Å². The summed E-state index contributed by atoms with van der Waals surface area (Å²) in [4.78, 5) is 96.5. The molecular formula is C43H46N2O16. The largest absolute Gasteiger partial charge is 0.462 e. The summed E-state index contributed by atoms with van der Waals surface area (Å²) in [6.07, 6.45) is 3.98. The van der Waals surface area contributed by atoms with Crippen molar-refractivity contribution in [2.24, 2.45) is 10.8 Å². The molecule has 324 valence electrons. The first kappa shape index (κ1) is 49.4. The van der Waals surface area contributed by atoms with E-state index >= 15 is 0 Å². The van der Waals surface area contributed by atoms with E-state index in [4.69, 9.17) is 37.9 Å². The minimum atomic E-state index is -1.51. The maximum absolute atomic E-state index is 12.8. The summed E-state index contributed by atoms with van der Waals surface area (Å²) >= 11 is 0. The first-order chi connectivity index (χ1) is 29.1. The van der Waals surface area contributed by atoms with Crippen LogP contribution in [0, 0.1) is 10.8 Å².